The Bertz CT molecular complexity index is 353. The second-order valence-electron chi connectivity index (χ2n) is 5.90. The number of allylic oxidation sites excluding steroid dienone is 3. The smallest absolute Gasteiger partial charge is 0.331 e. The summed E-state index contributed by atoms with van der Waals surface area (Å²) in [5.74, 6) is 0.296. The van der Waals surface area contributed by atoms with E-state index in [0.717, 1.165) is 12.8 Å². The Morgan fingerprint density at radius 1 is 1.33 bits per heavy atom. The molecule has 1 atom stereocenters. The molecule has 0 spiro atoms. The predicted octanol–water partition coefficient (Wildman–Crippen LogP) is 4.45. The monoisotopic (exact) mass is 294 g/mol. The number of carbonyl (C=O) groups is 1. The van der Waals surface area contributed by atoms with Gasteiger partial charge in [0.25, 0.3) is 0 Å². The molecule has 120 valence electrons. The van der Waals surface area contributed by atoms with Crippen LogP contribution in [0.1, 0.15) is 46.5 Å². The van der Waals surface area contributed by atoms with Crippen molar-refractivity contribution in [2.24, 2.45) is 5.92 Å². The van der Waals surface area contributed by atoms with Gasteiger partial charge in [0.05, 0.1) is 5.60 Å². The molecule has 0 aromatic carbocycles. The van der Waals surface area contributed by atoms with E-state index in [2.05, 4.69) is 33.4 Å². The molecule has 0 heterocycles. The first kappa shape index (κ1) is 19.7. The molecule has 0 rings (SSSR count). The first-order chi connectivity index (χ1) is 9.91. The van der Waals surface area contributed by atoms with Gasteiger partial charge >= 0.3 is 5.97 Å². The summed E-state index contributed by atoms with van der Waals surface area (Å²) in [5.41, 5.74) is -0.0237. The lowest BCUT2D eigenvalue weighted by molar-refractivity contribution is -0.136. The van der Waals surface area contributed by atoms with Crippen molar-refractivity contribution in [3.63, 3.8) is 0 Å². The van der Waals surface area contributed by atoms with Crippen LogP contribution in [0.4, 0.5) is 0 Å². The van der Waals surface area contributed by atoms with Crippen molar-refractivity contribution in [3.8, 4) is 0 Å². The normalized spacial score (nSPS) is 13.7. The Kier molecular flexibility index (Phi) is 10.6. The van der Waals surface area contributed by atoms with Crippen LogP contribution >= 0.6 is 0 Å². The van der Waals surface area contributed by atoms with E-state index in [4.69, 9.17) is 9.47 Å². The van der Waals surface area contributed by atoms with E-state index in [-0.39, 0.29) is 18.2 Å². The van der Waals surface area contributed by atoms with E-state index in [1.807, 2.05) is 6.08 Å². The van der Waals surface area contributed by atoms with Gasteiger partial charge in [-0.15, -0.1) is 0 Å². The van der Waals surface area contributed by atoms with Gasteiger partial charge in [-0.2, -0.15) is 0 Å². The lowest BCUT2D eigenvalue weighted by atomic mass is 9.95. The molecule has 0 saturated carbocycles. The highest BCUT2D eigenvalue weighted by atomic mass is 16.5. The SMILES string of the molecule is C=CCOC(=O)/C=C/C=C/CC(C)CCCC(C)(C)OC. The highest BCUT2D eigenvalue weighted by molar-refractivity contribution is 5.82. The molecule has 0 bridgehead atoms. The van der Waals surface area contributed by atoms with Gasteiger partial charge in [0.15, 0.2) is 0 Å². The van der Waals surface area contributed by atoms with Crippen molar-refractivity contribution in [1.29, 1.82) is 0 Å². The molecule has 3 nitrogen and oxygen atoms in total. The average molecular weight is 294 g/mol. The van der Waals surface area contributed by atoms with Crippen molar-refractivity contribution in [1.82, 2.24) is 0 Å². The minimum Gasteiger partial charge on any atom is -0.458 e. The second kappa shape index (κ2) is 11.3. The van der Waals surface area contributed by atoms with Crippen LogP contribution in [0.15, 0.2) is 37.0 Å². The first-order valence-corrected chi connectivity index (χ1v) is 7.57. The van der Waals surface area contributed by atoms with Crippen LogP contribution in [0, 0.1) is 5.92 Å². The maximum Gasteiger partial charge on any atom is 0.331 e. The molecule has 0 aliphatic carbocycles. The Balaban J connectivity index is 3.80. The summed E-state index contributed by atoms with van der Waals surface area (Å²) >= 11 is 0. The van der Waals surface area contributed by atoms with Crippen molar-refractivity contribution in [3.05, 3.63) is 37.0 Å². The molecule has 0 aliphatic heterocycles. The fourth-order valence-electron chi connectivity index (χ4n) is 1.81. The summed E-state index contributed by atoms with van der Waals surface area (Å²) in [6, 6.07) is 0. The molecular weight excluding hydrogens is 264 g/mol. The standard InChI is InChI=1S/C18H30O3/c1-6-15-21-17(19)13-9-7-8-11-16(2)12-10-14-18(3,4)20-5/h6-9,13,16H,1,10-12,14-15H2,2-5H3/b8-7+,13-9+. The van der Waals surface area contributed by atoms with Crippen molar-refractivity contribution >= 4 is 5.97 Å². The topological polar surface area (TPSA) is 35.5 Å². The zero-order valence-electron chi connectivity index (χ0n) is 13.9. The van der Waals surface area contributed by atoms with E-state index in [0.29, 0.717) is 5.92 Å². The summed E-state index contributed by atoms with van der Waals surface area (Å²) in [6.45, 7) is 10.2. The quantitative estimate of drug-likeness (QED) is 0.244. The van der Waals surface area contributed by atoms with Gasteiger partial charge in [-0.25, -0.2) is 4.79 Å². The Hall–Kier alpha value is -1.35. The summed E-state index contributed by atoms with van der Waals surface area (Å²) in [7, 11) is 1.76. The molecule has 0 radical (unpaired) electrons. The number of ether oxygens (including phenoxy) is 2. The van der Waals surface area contributed by atoms with Gasteiger partial charge in [0.1, 0.15) is 6.61 Å². The van der Waals surface area contributed by atoms with E-state index in [1.165, 1.54) is 18.9 Å². The van der Waals surface area contributed by atoms with Crippen LogP contribution in [0.2, 0.25) is 0 Å². The predicted molar refractivity (Wildman–Crippen MR) is 88.2 cm³/mol. The molecule has 0 saturated heterocycles. The average Bonchev–Trinajstić information content (AvgIpc) is 2.44. The van der Waals surface area contributed by atoms with Crippen LogP contribution in [0.3, 0.4) is 0 Å². The molecule has 3 heteroatoms. The minimum absolute atomic E-state index is 0.0237. The van der Waals surface area contributed by atoms with Crippen LogP contribution in [-0.2, 0) is 14.3 Å². The van der Waals surface area contributed by atoms with Crippen molar-refractivity contribution in [2.45, 2.75) is 52.1 Å². The lowest BCUT2D eigenvalue weighted by Gasteiger charge is -2.23. The van der Waals surface area contributed by atoms with Gasteiger partial charge in [-0.1, -0.05) is 50.6 Å². The number of rotatable bonds is 11. The van der Waals surface area contributed by atoms with E-state index in [9.17, 15) is 4.79 Å². The molecular formula is C18H30O3. The number of methoxy groups -OCH3 is 1. The van der Waals surface area contributed by atoms with Gasteiger partial charge in [-0.05, 0) is 32.6 Å². The molecule has 0 amide bonds. The highest BCUT2D eigenvalue weighted by Crippen LogP contribution is 2.20. The minimum atomic E-state index is -0.339. The van der Waals surface area contributed by atoms with Gasteiger partial charge < -0.3 is 9.47 Å². The molecule has 21 heavy (non-hydrogen) atoms. The summed E-state index contributed by atoms with van der Waals surface area (Å²) in [5, 5.41) is 0. The zero-order valence-corrected chi connectivity index (χ0v) is 13.9. The van der Waals surface area contributed by atoms with Crippen LogP contribution < -0.4 is 0 Å². The molecule has 0 aromatic heterocycles. The van der Waals surface area contributed by atoms with Crippen LogP contribution in [-0.4, -0.2) is 25.3 Å². The Morgan fingerprint density at radius 2 is 2.05 bits per heavy atom. The van der Waals surface area contributed by atoms with Crippen LogP contribution in [0.25, 0.3) is 0 Å². The highest BCUT2D eigenvalue weighted by Gasteiger charge is 2.15. The molecule has 0 aromatic rings. The fraction of sp³-hybridized carbons (Fsp3) is 0.611. The molecule has 0 aliphatic rings. The first-order valence-electron chi connectivity index (χ1n) is 7.57. The van der Waals surface area contributed by atoms with Crippen molar-refractivity contribution < 1.29 is 14.3 Å². The summed E-state index contributed by atoms with van der Waals surface area (Å²) in [4.78, 5) is 11.2. The number of carbonyl (C=O) groups excluding carboxylic acids is 1. The number of hydrogen-bond donors (Lipinski definition) is 0. The Labute approximate surface area is 129 Å². The van der Waals surface area contributed by atoms with E-state index in [1.54, 1.807) is 19.3 Å². The lowest BCUT2D eigenvalue weighted by Crippen LogP contribution is -2.22. The molecule has 0 fully saturated rings. The summed E-state index contributed by atoms with van der Waals surface area (Å²) < 4.78 is 10.2. The van der Waals surface area contributed by atoms with E-state index < -0.39 is 0 Å². The third-order valence-corrected chi connectivity index (χ3v) is 3.39. The zero-order chi connectivity index (χ0) is 16.1. The van der Waals surface area contributed by atoms with E-state index >= 15 is 0 Å². The maximum absolute atomic E-state index is 11.2. The van der Waals surface area contributed by atoms with Gasteiger partial charge in [0, 0.05) is 13.2 Å². The second-order valence-corrected chi connectivity index (χ2v) is 5.90. The maximum atomic E-state index is 11.2. The Morgan fingerprint density at radius 3 is 2.67 bits per heavy atom. The molecule has 1 unspecified atom stereocenters. The molecule has 0 N–H and O–H groups in total. The summed E-state index contributed by atoms with van der Waals surface area (Å²) in [6.07, 6.45) is 13.1. The van der Waals surface area contributed by atoms with Gasteiger partial charge in [0.2, 0.25) is 0 Å². The number of esters is 1. The third-order valence-electron chi connectivity index (χ3n) is 3.39. The van der Waals surface area contributed by atoms with Gasteiger partial charge in [-0.3, -0.25) is 0 Å². The third kappa shape index (κ3) is 12.1. The van der Waals surface area contributed by atoms with Crippen molar-refractivity contribution in [2.75, 3.05) is 13.7 Å². The largest absolute Gasteiger partial charge is 0.458 e. The van der Waals surface area contributed by atoms with Crippen LogP contribution in [0.5, 0.6) is 0 Å². The fourth-order valence-corrected chi connectivity index (χ4v) is 1.81. The number of hydrogen-bond acceptors (Lipinski definition) is 3.